The van der Waals surface area contributed by atoms with Gasteiger partial charge in [0.15, 0.2) is 0 Å². The molecule has 0 aromatic heterocycles. The molecule has 0 radical (unpaired) electrons. The fraction of sp³-hybridized carbons (Fsp3) is 0.800. The fourth-order valence-corrected chi connectivity index (χ4v) is 2.17. The van der Waals surface area contributed by atoms with E-state index in [2.05, 4.69) is 0 Å². The molecule has 0 spiro atoms. The van der Waals surface area contributed by atoms with Crippen LogP contribution in [0.4, 0.5) is 0 Å². The first-order chi connectivity index (χ1) is 7.39. The van der Waals surface area contributed by atoms with Crippen LogP contribution in [0.5, 0.6) is 0 Å². The van der Waals surface area contributed by atoms with Crippen LogP contribution >= 0.6 is 19.4 Å². The summed E-state index contributed by atoms with van der Waals surface area (Å²) in [5.74, 6) is 0.499. The maximum absolute atomic E-state index is 12.0. The van der Waals surface area contributed by atoms with Gasteiger partial charge in [-0.2, -0.15) is 0 Å². The van der Waals surface area contributed by atoms with Crippen molar-refractivity contribution in [1.29, 1.82) is 0 Å². The summed E-state index contributed by atoms with van der Waals surface area (Å²) in [6, 6.07) is 0. The van der Waals surface area contributed by atoms with Crippen LogP contribution in [0.2, 0.25) is 0 Å². The minimum absolute atomic E-state index is 0.250. The molecule has 6 heteroatoms. The van der Waals surface area contributed by atoms with E-state index in [0.717, 1.165) is 11.8 Å². The van der Waals surface area contributed by atoms with E-state index in [1.54, 1.807) is 0 Å². The Labute approximate surface area is 103 Å². The average Bonchev–Trinajstić information content (AvgIpc) is 2.21. The predicted molar refractivity (Wildman–Crippen MR) is 65.3 cm³/mol. The van der Waals surface area contributed by atoms with Crippen LogP contribution in [0, 0.1) is 11.8 Å². The smallest absolute Gasteiger partial charge is 0.411 e. The maximum Gasteiger partial charge on any atom is 0.529 e. The summed E-state index contributed by atoms with van der Waals surface area (Å²) in [4.78, 5) is 0. The van der Waals surface area contributed by atoms with Gasteiger partial charge in [0, 0.05) is 5.54 Å². The van der Waals surface area contributed by atoms with E-state index in [-0.39, 0.29) is 11.8 Å². The molecule has 0 saturated heterocycles. The molecular formula is C10H20ClO4P. The van der Waals surface area contributed by atoms with Gasteiger partial charge in [0.2, 0.25) is 0 Å². The summed E-state index contributed by atoms with van der Waals surface area (Å²) >= 11 is 5.30. The lowest BCUT2D eigenvalue weighted by Crippen LogP contribution is -2.07. The summed E-state index contributed by atoms with van der Waals surface area (Å²) in [5.41, 5.74) is 1.12. The third kappa shape index (κ3) is 8.17. The zero-order valence-electron chi connectivity index (χ0n) is 10.2. The van der Waals surface area contributed by atoms with E-state index in [4.69, 9.17) is 25.2 Å². The Morgan fingerprint density at radius 1 is 1.12 bits per heavy atom. The summed E-state index contributed by atoms with van der Waals surface area (Å²) in [7, 11) is -3.51. The Bertz CT molecular complexity index is 237. The molecule has 0 rings (SSSR count). The summed E-state index contributed by atoms with van der Waals surface area (Å²) < 4.78 is 27.2. The van der Waals surface area contributed by atoms with E-state index < -0.39 is 7.82 Å². The van der Waals surface area contributed by atoms with Gasteiger partial charge in [-0.15, -0.1) is 0 Å². The second-order valence-electron chi connectivity index (χ2n) is 4.19. The van der Waals surface area contributed by atoms with Crippen molar-refractivity contribution in [2.24, 2.45) is 11.8 Å². The van der Waals surface area contributed by atoms with Crippen LogP contribution in [0.1, 0.15) is 27.7 Å². The number of phosphoric acid groups is 1. The number of hydrogen-bond acceptors (Lipinski definition) is 4. The monoisotopic (exact) mass is 270 g/mol. The molecule has 0 aliphatic carbocycles. The van der Waals surface area contributed by atoms with Gasteiger partial charge >= 0.3 is 7.82 Å². The first kappa shape index (κ1) is 16.0. The van der Waals surface area contributed by atoms with Crippen molar-refractivity contribution in [2.75, 3.05) is 13.2 Å². The molecule has 0 bridgehead atoms. The highest BCUT2D eigenvalue weighted by Crippen LogP contribution is 2.50. The molecule has 0 aliphatic heterocycles. The molecule has 0 heterocycles. The lowest BCUT2D eigenvalue weighted by molar-refractivity contribution is 0.120. The highest BCUT2D eigenvalue weighted by molar-refractivity contribution is 7.48. The van der Waals surface area contributed by atoms with Crippen molar-refractivity contribution in [3.05, 3.63) is 11.8 Å². The van der Waals surface area contributed by atoms with E-state index in [1.165, 1.54) is 0 Å². The molecule has 16 heavy (non-hydrogen) atoms. The summed E-state index contributed by atoms with van der Waals surface area (Å²) in [6.45, 7) is 8.42. The van der Waals surface area contributed by atoms with Crippen LogP contribution < -0.4 is 0 Å². The Balaban J connectivity index is 4.30. The van der Waals surface area contributed by atoms with Crippen LogP contribution in [-0.2, 0) is 18.1 Å². The summed E-state index contributed by atoms with van der Waals surface area (Å²) in [5, 5.41) is 0. The van der Waals surface area contributed by atoms with Crippen molar-refractivity contribution < 1.29 is 18.1 Å². The molecule has 0 saturated carbocycles. The van der Waals surface area contributed by atoms with Crippen molar-refractivity contribution in [3.8, 4) is 0 Å². The van der Waals surface area contributed by atoms with Crippen molar-refractivity contribution in [1.82, 2.24) is 0 Å². The van der Waals surface area contributed by atoms with Gasteiger partial charge < -0.3 is 4.52 Å². The molecule has 0 aromatic rings. The van der Waals surface area contributed by atoms with E-state index in [9.17, 15) is 4.57 Å². The molecule has 0 atom stereocenters. The average molecular weight is 271 g/mol. The van der Waals surface area contributed by atoms with Gasteiger partial charge in [0.1, 0.15) is 6.26 Å². The largest absolute Gasteiger partial charge is 0.529 e. The first-order valence-electron chi connectivity index (χ1n) is 5.22. The zero-order valence-corrected chi connectivity index (χ0v) is 11.8. The number of rotatable bonds is 8. The van der Waals surface area contributed by atoms with Crippen LogP contribution in [0.3, 0.4) is 0 Å². The summed E-state index contributed by atoms with van der Waals surface area (Å²) in [6.07, 6.45) is 1.10. The molecule has 4 nitrogen and oxygen atoms in total. The number of halogens is 1. The molecular weight excluding hydrogens is 251 g/mol. The lowest BCUT2D eigenvalue weighted by Gasteiger charge is -2.18. The van der Waals surface area contributed by atoms with Crippen LogP contribution in [0.15, 0.2) is 11.8 Å². The Morgan fingerprint density at radius 2 is 1.56 bits per heavy atom. The topological polar surface area (TPSA) is 44.8 Å². The van der Waals surface area contributed by atoms with Crippen LogP contribution in [-0.4, -0.2) is 13.2 Å². The molecule has 0 N–H and O–H groups in total. The second-order valence-corrected chi connectivity index (χ2v) is 6.07. The Morgan fingerprint density at radius 3 is 1.88 bits per heavy atom. The van der Waals surface area contributed by atoms with Crippen molar-refractivity contribution in [2.45, 2.75) is 27.7 Å². The molecule has 0 amide bonds. The SMILES string of the molecule is CC(C)COP(=O)(O/C=C/Cl)OCC(C)C. The lowest BCUT2D eigenvalue weighted by atomic mass is 10.2. The third-order valence-corrected chi connectivity index (χ3v) is 2.79. The minimum atomic E-state index is -3.51. The van der Waals surface area contributed by atoms with Crippen LogP contribution in [0.25, 0.3) is 0 Å². The Hall–Kier alpha value is -0.0200. The fourth-order valence-electron chi connectivity index (χ4n) is 0.676. The first-order valence-corrected chi connectivity index (χ1v) is 7.12. The normalized spacial score (nSPS) is 12.9. The maximum atomic E-state index is 12.0. The molecule has 96 valence electrons. The molecule has 0 unspecified atom stereocenters. The molecule has 0 fully saturated rings. The number of hydrogen-bond donors (Lipinski definition) is 0. The predicted octanol–water partition coefficient (Wildman–Crippen LogP) is 4.17. The minimum Gasteiger partial charge on any atom is -0.411 e. The zero-order chi connectivity index (χ0) is 12.6. The van der Waals surface area contributed by atoms with E-state index in [1.807, 2.05) is 27.7 Å². The van der Waals surface area contributed by atoms with Gasteiger partial charge in [-0.25, -0.2) is 4.57 Å². The molecule has 0 aliphatic rings. The van der Waals surface area contributed by atoms with Gasteiger partial charge in [-0.1, -0.05) is 39.3 Å². The third-order valence-electron chi connectivity index (χ3n) is 1.37. The number of phosphoric ester groups is 1. The standard InChI is InChI=1S/C10H20ClO4P/c1-9(2)7-14-16(12,13-6-5-11)15-8-10(3)4/h5-6,9-10H,7-8H2,1-4H3/b6-5+. The van der Waals surface area contributed by atoms with Gasteiger partial charge in [0.25, 0.3) is 0 Å². The van der Waals surface area contributed by atoms with E-state index >= 15 is 0 Å². The highest BCUT2D eigenvalue weighted by atomic mass is 35.5. The van der Waals surface area contributed by atoms with Crippen molar-refractivity contribution >= 4 is 19.4 Å². The van der Waals surface area contributed by atoms with Gasteiger partial charge in [-0.3, -0.25) is 9.05 Å². The second kappa shape index (κ2) is 8.13. The highest BCUT2D eigenvalue weighted by Gasteiger charge is 2.27. The van der Waals surface area contributed by atoms with Gasteiger partial charge in [0.05, 0.1) is 13.2 Å². The molecule has 0 aromatic carbocycles. The van der Waals surface area contributed by atoms with Crippen molar-refractivity contribution in [3.63, 3.8) is 0 Å². The quantitative estimate of drug-likeness (QED) is 0.490. The van der Waals surface area contributed by atoms with E-state index in [0.29, 0.717) is 13.2 Å². The Kier molecular flexibility index (Phi) is 8.12. The van der Waals surface area contributed by atoms with Gasteiger partial charge in [-0.05, 0) is 11.8 Å².